The molecule has 0 aromatic heterocycles. The third-order valence-corrected chi connectivity index (χ3v) is 4.77. The number of hydrogen-bond donors (Lipinski definition) is 1. The van der Waals surface area contributed by atoms with Gasteiger partial charge in [0.25, 0.3) is 0 Å². The number of amides is 1. The van der Waals surface area contributed by atoms with E-state index in [4.69, 9.17) is 16.3 Å². The molecule has 6 nitrogen and oxygen atoms in total. The van der Waals surface area contributed by atoms with Gasteiger partial charge >= 0.3 is 0 Å². The lowest BCUT2D eigenvalue weighted by Gasteiger charge is -2.19. The molecule has 130 valence electrons. The Labute approximate surface area is 142 Å². The van der Waals surface area contributed by atoms with Crippen LogP contribution in [0.1, 0.15) is 12.0 Å². The molecule has 0 saturated heterocycles. The van der Waals surface area contributed by atoms with E-state index < -0.39 is 10.0 Å². The minimum atomic E-state index is -3.34. The number of rotatable bonds is 10. The number of hydrogen-bond acceptors (Lipinski definition) is 4. The van der Waals surface area contributed by atoms with Crippen LogP contribution in [0, 0.1) is 0 Å². The van der Waals surface area contributed by atoms with Crippen molar-refractivity contribution in [3.63, 3.8) is 0 Å². The van der Waals surface area contributed by atoms with Gasteiger partial charge in [0.05, 0.1) is 12.9 Å². The maximum atomic E-state index is 11.8. The molecule has 1 aromatic carbocycles. The molecule has 0 aliphatic heterocycles. The van der Waals surface area contributed by atoms with Gasteiger partial charge in [-0.3, -0.25) is 4.79 Å². The summed E-state index contributed by atoms with van der Waals surface area (Å²) in [4.78, 5) is 11.8. The van der Waals surface area contributed by atoms with Crippen LogP contribution in [-0.2, 0) is 26.0 Å². The van der Waals surface area contributed by atoms with Gasteiger partial charge in [-0.2, -0.15) is 4.31 Å². The van der Waals surface area contributed by atoms with Crippen LogP contribution in [0.25, 0.3) is 0 Å². The second-order valence-electron chi connectivity index (χ2n) is 5.13. The van der Waals surface area contributed by atoms with Crippen LogP contribution in [0.2, 0.25) is 5.02 Å². The first-order valence-electron chi connectivity index (χ1n) is 7.28. The number of carbonyl (C=O) groups excluding carboxylic acids is 1. The van der Waals surface area contributed by atoms with Crippen LogP contribution in [0.4, 0.5) is 0 Å². The van der Waals surface area contributed by atoms with Gasteiger partial charge in [0, 0.05) is 38.2 Å². The van der Waals surface area contributed by atoms with Crippen LogP contribution >= 0.6 is 11.6 Å². The molecular weight excluding hydrogens is 340 g/mol. The van der Waals surface area contributed by atoms with E-state index in [1.807, 2.05) is 18.2 Å². The van der Waals surface area contributed by atoms with Gasteiger partial charge in [0.15, 0.2) is 0 Å². The first-order chi connectivity index (χ1) is 10.8. The van der Waals surface area contributed by atoms with Crippen molar-refractivity contribution in [2.75, 3.05) is 39.6 Å². The van der Waals surface area contributed by atoms with E-state index in [0.29, 0.717) is 24.6 Å². The van der Waals surface area contributed by atoms with Crippen molar-refractivity contribution >= 4 is 27.5 Å². The lowest BCUT2D eigenvalue weighted by atomic mass is 10.1. The highest BCUT2D eigenvalue weighted by Crippen LogP contribution is 2.10. The fourth-order valence-electron chi connectivity index (χ4n) is 1.99. The molecule has 0 unspecified atom stereocenters. The average molecular weight is 363 g/mol. The van der Waals surface area contributed by atoms with Crippen molar-refractivity contribution in [1.82, 2.24) is 9.62 Å². The Morgan fingerprint density at radius 3 is 2.70 bits per heavy atom. The summed E-state index contributed by atoms with van der Waals surface area (Å²) in [5, 5.41) is 3.44. The maximum absolute atomic E-state index is 11.8. The second-order valence-corrected chi connectivity index (χ2v) is 7.55. The Kier molecular flexibility index (Phi) is 8.54. The summed E-state index contributed by atoms with van der Waals surface area (Å²) in [6.45, 7) is 1.16. The van der Waals surface area contributed by atoms with E-state index in [1.54, 1.807) is 6.07 Å². The molecule has 0 atom stereocenters. The predicted octanol–water partition coefficient (Wildman–Crippen LogP) is 1.30. The molecule has 0 bridgehead atoms. The Morgan fingerprint density at radius 1 is 1.35 bits per heavy atom. The average Bonchev–Trinajstić information content (AvgIpc) is 2.46. The summed E-state index contributed by atoms with van der Waals surface area (Å²) in [6, 6.07) is 7.45. The molecule has 0 aliphatic carbocycles. The first kappa shape index (κ1) is 19.9. The number of halogens is 1. The van der Waals surface area contributed by atoms with E-state index in [0.717, 1.165) is 11.8 Å². The zero-order chi connectivity index (χ0) is 17.3. The smallest absolute Gasteiger partial charge is 0.221 e. The Morgan fingerprint density at radius 2 is 2.09 bits per heavy atom. The van der Waals surface area contributed by atoms with Crippen molar-refractivity contribution in [2.24, 2.45) is 0 Å². The summed E-state index contributed by atoms with van der Waals surface area (Å²) < 4.78 is 29.3. The molecule has 1 rings (SSSR count). The quantitative estimate of drug-likeness (QED) is 0.680. The van der Waals surface area contributed by atoms with Crippen molar-refractivity contribution in [3.05, 3.63) is 34.9 Å². The fourth-order valence-corrected chi connectivity index (χ4v) is 3.03. The highest BCUT2D eigenvalue weighted by atomic mass is 35.5. The van der Waals surface area contributed by atoms with Crippen LogP contribution in [-0.4, -0.2) is 58.2 Å². The van der Waals surface area contributed by atoms with Crippen LogP contribution < -0.4 is 5.32 Å². The third-order valence-electron chi connectivity index (χ3n) is 3.23. The maximum Gasteiger partial charge on any atom is 0.221 e. The van der Waals surface area contributed by atoms with E-state index in [9.17, 15) is 13.2 Å². The number of nitrogens with zero attached hydrogens (tertiary/aromatic N) is 1. The fraction of sp³-hybridized carbons (Fsp3) is 0.533. The zero-order valence-corrected chi connectivity index (χ0v) is 15.0. The minimum Gasteiger partial charge on any atom is -0.383 e. The van der Waals surface area contributed by atoms with Crippen molar-refractivity contribution < 1.29 is 17.9 Å². The molecule has 0 radical (unpaired) electrons. The third kappa shape index (κ3) is 8.31. The summed E-state index contributed by atoms with van der Waals surface area (Å²) in [7, 11) is -1.84. The van der Waals surface area contributed by atoms with Gasteiger partial charge in [0.1, 0.15) is 0 Å². The normalized spacial score (nSPS) is 11.7. The lowest BCUT2D eigenvalue weighted by molar-refractivity contribution is -0.121. The molecule has 0 fully saturated rings. The SMILES string of the molecule is COCCN(CCC(=O)NCCc1cccc(Cl)c1)S(C)(=O)=O. The van der Waals surface area contributed by atoms with Gasteiger partial charge in [-0.1, -0.05) is 23.7 Å². The highest BCUT2D eigenvalue weighted by Gasteiger charge is 2.17. The molecule has 0 heterocycles. The molecule has 1 N–H and O–H groups in total. The zero-order valence-electron chi connectivity index (χ0n) is 13.4. The minimum absolute atomic E-state index is 0.117. The summed E-state index contributed by atoms with van der Waals surface area (Å²) in [5.41, 5.74) is 1.04. The lowest BCUT2D eigenvalue weighted by Crippen LogP contribution is -2.37. The number of nitrogens with one attached hydrogen (secondary N) is 1. The predicted molar refractivity (Wildman–Crippen MR) is 91.1 cm³/mol. The van der Waals surface area contributed by atoms with Crippen molar-refractivity contribution in [2.45, 2.75) is 12.8 Å². The number of benzene rings is 1. The van der Waals surface area contributed by atoms with Gasteiger partial charge in [0.2, 0.25) is 15.9 Å². The molecule has 0 spiro atoms. The van der Waals surface area contributed by atoms with Gasteiger partial charge < -0.3 is 10.1 Å². The Bertz CT molecular complexity index is 607. The summed E-state index contributed by atoms with van der Waals surface area (Å²) in [5.74, 6) is -0.182. The highest BCUT2D eigenvalue weighted by molar-refractivity contribution is 7.88. The molecule has 0 aliphatic rings. The van der Waals surface area contributed by atoms with Gasteiger partial charge in [-0.15, -0.1) is 0 Å². The van der Waals surface area contributed by atoms with Crippen molar-refractivity contribution in [3.8, 4) is 0 Å². The van der Waals surface area contributed by atoms with E-state index in [1.165, 1.54) is 11.4 Å². The number of ether oxygens (including phenoxy) is 1. The Hall–Kier alpha value is -1.15. The van der Waals surface area contributed by atoms with Crippen LogP contribution in [0.3, 0.4) is 0 Å². The molecule has 23 heavy (non-hydrogen) atoms. The largest absolute Gasteiger partial charge is 0.383 e. The van der Waals surface area contributed by atoms with Gasteiger partial charge in [-0.05, 0) is 24.1 Å². The molecule has 8 heteroatoms. The van der Waals surface area contributed by atoms with E-state index in [2.05, 4.69) is 5.32 Å². The number of sulfonamides is 1. The molecule has 1 aromatic rings. The summed E-state index contributed by atoms with van der Waals surface area (Å²) in [6.07, 6.45) is 1.91. The monoisotopic (exact) mass is 362 g/mol. The molecule has 1 amide bonds. The van der Waals surface area contributed by atoms with Crippen molar-refractivity contribution in [1.29, 1.82) is 0 Å². The number of carbonyl (C=O) groups is 1. The van der Waals surface area contributed by atoms with Crippen LogP contribution in [0.15, 0.2) is 24.3 Å². The number of methoxy groups -OCH3 is 1. The van der Waals surface area contributed by atoms with E-state index >= 15 is 0 Å². The van der Waals surface area contributed by atoms with Crippen LogP contribution in [0.5, 0.6) is 0 Å². The topological polar surface area (TPSA) is 75.7 Å². The second kappa shape index (κ2) is 9.87. The summed E-state index contributed by atoms with van der Waals surface area (Å²) >= 11 is 5.90. The Balaban J connectivity index is 2.35. The first-order valence-corrected chi connectivity index (χ1v) is 9.50. The molecule has 0 saturated carbocycles. The standard InChI is InChI=1S/C15H23ClN2O4S/c1-22-11-10-18(23(2,20)21)9-7-15(19)17-8-6-13-4-3-5-14(16)12-13/h3-5,12H,6-11H2,1-2H3,(H,17,19). The molecular formula is C15H23ClN2O4S. The van der Waals surface area contributed by atoms with Gasteiger partial charge in [-0.25, -0.2) is 8.42 Å². The van der Waals surface area contributed by atoms with E-state index in [-0.39, 0.29) is 25.4 Å².